The van der Waals surface area contributed by atoms with E-state index in [9.17, 15) is 27.4 Å². The number of aryl methyl sites for hydroxylation is 2. The first-order valence-corrected chi connectivity index (χ1v) is 32.9. The minimum atomic E-state index is -6.40. The molecule has 0 spiro atoms. The maximum Gasteiger partial charge on any atom is 0.268 e. The van der Waals surface area contributed by atoms with Crippen LogP contribution in [-0.2, 0) is 26.5 Å². The number of furan rings is 1. The Morgan fingerprint density at radius 3 is 1.78 bits per heavy atom. The molecule has 13 aromatic carbocycles. The van der Waals surface area contributed by atoms with E-state index in [0.29, 0.717) is 33.3 Å². The van der Waals surface area contributed by atoms with Gasteiger partial charge in [0.25, 0.3) is 6.33 Å². The van der Waals surface area contributed by atoms with Crippen LogP contribution in [0.5, 0.6) is 11.5 Å². The van der Waals surface area contributed by atoms with Crippen LogP contribution in [0.15, 0.2) is 301 Å². The standard InChI is InChI=1S/C90H64N4O2Si.Pt/c1-58-25-23-26-59(2)87(58)61-50-77(60-43-46-85-78(49-60)76-40-20-22-42-84(76)96-85)88-79(51-61)72-37-17-15-35-70(72)71-36-16-18-38-73(71)80-55-69(97(66-29-9-6-10-30-66,67-31-11-7-12-32-67)68-33-13-8-14-34-68)56-83-89(80)93(88)57-92(83)63-27-24-28-64(53-63)95-65-44-45-75-74-39-19-21-41-81(74)94(82(75)54-65)86-52-62(47-48-91-86)90(3,4)5;/h6-52,55-56H,1-5H3;/q-2;/i1D3,2D3,6D,7D,8D,9D,10D,11D,12D,13D,14D,15D,16D,17D,18D,29D,30D,31D,32D,33D,34D,35D,36D,37D,38D;. The first kappa shape index (κ1) is 36.8. The normalized spacial score (nSPS) is 16.5. The van der Waals surface area contributed by atoms with Crippen LogP contribution < -0.4 is 30.1 Å². The maximum absolute atomic E-state index is 10.6. The van der Waals surface area contributed by atoms with Gasteiger partial charge in [-0.25, -0.2) is 4.98 Å². The molecule has 0 saturated heterocycles. The molecule has 1 aliphatic rings. The zero-order valence-corrected chi connectivity index (χ0v) is 55.2. The molecule has 0 saturated carbocycles. The third kappa shape index (κ3) is 9.77. The smallest absolute Gasteiger partial charge is 0.268 e. The van der Waals surface area contributed by atoms with Gasteiger partial charge in [0.1, 0.15) is 17.0 Å². The Hall–Kier alpha value is -11.2. The van der Waals surface area contributed by atoms with Gasteiger partial charge in [-0.1, -0.05) is 238 Å². The first-order valence-electron chi connectivity index (χ1n) is 45.4. The van der Waals surface area contributed by atoms with Crippen molar-refractivity contribution >= 4 is 83.6 Å². The summed E-state index contributed by atoms with van der Waals surface area (Å²) in [6, 6.07) is 22.7. The Labute approximate surface area is 626 Å². The van der Waals surface area contributed by atoms with Gasteiger partial charge < -0.3 is 18.3 Å². The van der Waals surface area contributed by atoms with E-state index < -0.39 is 220 Å². The molecular formula is C90H64N4O2PtSi-2. The van der Waals surface area contributed by atoms with E-state index in [1.807, 2.05) is 47.0 Å². The fourth-order valence-electron chi connectivity index (χ4n) is 13.6. The number of imidazole rings is 1. The van der Waals surface area contributed by atoms with E-state index in [1.165, 1.54) is 51.6 Å². The fourth-order valence-corrected chi connectivity index (χ4v) is 17.4. The number of rotatable bonds is 10. The van der Waals surface area contributed by atoms with Crippen LogP contribution in [0, 0.1) is 32.2 Å². The molecule has 0 N–H and O–H groups in total. The second-order valence-electron chi connectivity index (χ2n) is 24.5. The predicted molar refractivity (Wildman–Crippen MR) is 400 cm³/mol. The molecule has 0 unspecified atom stereocenters. The largest absolute Gasteiger partial charge is 0.510 e. The fraction of sp³-hybridized carbons (Fsp3) is 0.0667. The van der Waals surface area contributed by atoms with Gasteiger partial charge in [0.15, 0.2) is 8.07 Å². The second kappa shape index (κ2) is 23.9. The Morgan fingerprint density at radius 1 is 0.490 bits per heavy atom. The Bertz CT molecular complexity index is 7430. The summed E-state index contributed by atoms with van der Waals surface area (Å²) >= 11 is 0. The van der Waals surface area contributed by atoms with Gasteiger partial charge in [-0.15, -0.1) is 29.7 Å². The van der Waals surface area contributed by atoms with Gasteiger partial charge in [0.2, 0.25) is 0 Å². The molecule has 1 aliphatic heterocycles. The zero-order chi connectivity index (χ0) is 90.1. The summed E-state index contributed by atoms with van der Waals surface area (Å²) < 4.78 is 300. The van der Waals surface area contributed by atoms with Crippen LogP contribution in [0.2, 0.25) is 0 Å². The third-order valence-electron chi connectivity index (χ3n) is 18.0. The SMILES string of the molecule is [2H]c1c([2H])c([2H])c([Si](c2cc3c4c(c2)n(-c2[c-]c(Oc5[c-]c6c(cc5)c5ccccc5n6-c5cc(C(C)(C)C)ccn5)ccc2)[c-][n+]4-c2c(-c4ccc5oc6ccccc6c5c4)cc(-c4c(C([2H])([2H])[2H])cccc4C([2H])([2H])[2H])cc2-c2c([2H])c([2H])c([2H])c([2H])c2-c2c([2H])c([2H])c([2H])c([2H])c2-3)(c2c([2H])c([2H])c([2H])c([2H])c2[2H])c2c([2H])c([2H])c([2H])c([2H])c2[2H])c([2H])c1[2H].[Pt]. The number of para-hydroxylation sites is 2. The van der Waals surface area contributed by atoms with Crippen LogP contribution in [0.1, 0.15) is 77.2 Å². The molecule has 0 bridgehead atoms. The van der Waals surface area contributed by atoms with Gasteiger partial charge in [-0.3, -0.25) is 4.57 Å². The monoisotopic (exact) mass is 1480 g/mol. The number of pyridine rings is 1. The van der Waals surface area contributed by atoms with E-state index in [1.54, 1.807) is 66.9 Å². The Balaban J connectivity index is 0.0000114. The molecule has 6 nitrogen and oxygen atoms in total. The molecule has 0 aliphatic carbocycles. The van der Waals surface area contributed by atoms with Crippen molar-refractivity contribution in [2.75, 3.05) is 0 Å². The Morgan fingerprint density at radius 2 is 1.09 bits per heavy atom. The van der Waals surface area contributed by atoms with Crippen molar-refractivity contribution in [1.82, 2.24) is 14.1 Å². The zero-order valence-electron chi connectivity index (χ0n) is 80.9. The summed E-state index contributed by atoms with van der Waals surface area (Å²) in [5.74, 6) is 0.621. The number of fused-ring (bicyclic) bond motifs is 13. The molecule has 17 aromatic rings. The maximum atomic E-state index is 10.6. The van der Waals surface area contributed by atoms with Gasteiger partial charge >= 0.3 is 0 Å². The average Bonchev–Trinajstić information content (AvgIpc) is 1.66. The molecule has 0 atom stereocenters. The van der Waals surface area contributed by atoms with Gasteiger partial charge in [-0.2, -0.15) is 18.2 Å². The number of nitrogens with zero attached hydrogens (tertiary/aromatic N) is 4. The van der Waals surface area contributed by atoms with Gasteiger partial charge in [0.05, 0.1) is 48.2 Å². The van der Waals surface area contributed by atoms with E-state index in [-0.39, 0.29) is 88.2 Å². The van der Waals surface area contributed by atoms with Crippen molar-refractivity contribution in [3.8, 4) is 84.3 Å². The quantitative estimate of drug-likeness (QED) is 0.0593. The molecule has 8 heteroatoms. The number of ether oxygens (including phenoxy) is 1. The Kier molecular flexibility index (Phi) is 8.95. The number of hydrogen-bond acceptors (Lipinski definition) is 3. The van der Waals surface area contributed by atoms with Crippen molar-refractivity contribution in [2.45, 2.75) is 39.9 Å². The van der Waals surface area contributed by atoms with Crippen molar-refractivity contribution in [3.63, 3.8) is 0 Å². The molecule has 4 aromatic heterocycles. The second-order valence-corrected chi connectivity index (χ2v) is 28.0. The summed E-state index contributed by atoms with van der Waals surface area (Å²) in [4.78, 5) is 4.85. The number of hydrogen-bond donors (Lipinski definition) is 0. The summed E-state index contributed by atoms with van der Waals surface area (Å²) in [5.41, 5.74) is -3.14. The van der Waals surface area contributed by atoms with Crippen LogP contribution in [0.3, 0.4) is 0 Å². The predicted octanol–water partition coefficient (Wildman–Crippen LogP) is 19.4. The van der Waals surface area contributed by atoms with Crippen molar-refractivity contribution in [3.05, 3.63) is 332 Å². The van der Waals surface area contributed by atoms with Crippen LogP contribution in [0.25, 0.3) is 128 Å². The third-order valence-corrected chi connectivity index (χ3v) is 22.1. The number of benzene rings is 13. The number of aromatic nitrogens is 4. The van der Waals surface area contributed by atoms with Crippen molar-refractivity contribution in [1.29, 1.82) is 0 Å². The molecule has 0 radical (unpaired) electrons. The average molecular weight is 1490 g/mol. The van der Waals surface area contributed by atoms with E-state index >= 15 is 0 Å². The molecule has 0 amide bonds. The molecule has 0 fully saturated rings. The van der Waals surface area contributed by atoms with Crippen molar-refractivity contribution in [2.24, 2.45) is 0 Å². The van der Waals surface area contributed by atoms with Crippen molar-refractivity contribution < 1.29 is 74.5 Å². The summed E-state index contributed by atoms with van der Waals surface area (Å²) in [6.07, 6.45) is 5.21. The molecular weight excluding hydrogens is 1390 g/mol. The summed E-state index contributed by atoms with van der Waals surface area (Å²) in [5, 5.41) is -0.857. The van der Waals surface area contributed by atoms with E-state index in [4.69, 9.17) is 26.5 Å². The topological polar surface area (TPSA) is 49.0 Å². The van der Waals surface area contributed by atoms with E-state index in [0.717, 1.165) is 27.9 Å². The molecule has 472 valence electrons. The van der Waals surface area contributed by atoms with Crippen LogP contribution in [-0.4, -0.2) is 22.2 Å². The van der Waals surface area contributed by atoms with Gasteiger partial charge in [0, 0.05) is 63.3 Å². The first-order chi connectivity index (χ1) is 59.5. The van der Waals surface area contributed by atoms with Crippen LogP contribution >= 0.6 is 0 Å². The van der Waals surface area contributed by atoms with E-state index in [2.05, 4.69) is 39.2 Å². The molecule has 5 heterocycles. The molecule has 98 heavy (non-hydrogen) atoms. The molecule has 18 rings (SSSR count). The van der Waals surface area contributed by atoms with Gasteiger partial charge in [-0.05, 0) is 172 Å². The minimum Gasteiger partial charge on any atom is -0.510 e. The summed E-state index contributed by atoms with van der Waals surface area (Å²) in [6.45, 7) is 0.00175. The van der Waals surface area contributed by atoms with Crippen LogP contribution in [0.4, 0.5) is 0 Å². The summed E-state index contributed by atoms with van der Waals surface area (Å²) in [7, 11) is -6.40. The minimum absolute atomic E-state index is 0.